The molecule has 7 heteroatoms. The topological polar surface area (TPSA) is 66.0 Å². The summed E-state index contributed by atoms with van der Waals surface area (Å²) in [5, 5.41) is 4.60. The van der Waals surface area contributed by atoms with Crippen LogP contribution >= 0.6 is 24.8 Å². The van der Waals surface area contributed by atoms with Gasteiger partial charge in [-0.1, -0.05) is 6.92 Å². The molecule has 1 saturated carbocycles. The Morgan fingerprint density at radius 2 is 1.91 bits per heavy atom. The fourth-order valence-electron chi connectivity index (χ4n) is 3.04. The van der Waals surface area contributed by atoms with Crippen molar-refractivity contribution in [1.82, 2.24) is 14.8 Å². The number of nitrogens with zero attached hydrogens (tertiary/aromatic N) is 3. The number of hydrogen-bond acceptors (Lipinski definition) is 4. The van der Waals surface area contributed by atoms with Crippen LogP contribution in [0.15, 0.2) is 0 Å². The molecule has 0 radical (unpaired) electrons. The number of rotatable bonds is 4. The highest BCUT2D eigenvalue weighted by atomic mass is 35.5. The minimum atomic E-state index is -0.0457. The standard InChI is InChI=1S/C16H30N4O.2ClH/c1-6-9-21-14-10-12(7-8-13(14)17)15-18-11(2)19-20(15)16(3,4)5;;/h12-14H,6-10,17H2,1-5H3;2*1H/t12-,13-,14-;;/m0../s1. The Morgan fingerprint density at radius 1 is 1.26 bits per heavy atom. The average molecular weight is 367 g/mol. The van der Waals surface area contributed by atoms with Crippen molar-refractivity contribution in [2.45, 2.75) is 83.9 Å². The average Bonchev–Trinajstić information content (AvgIpc) is 2.80. The third kappa shape index (κ3) is 5.59. The molecule has 0 aromatic carbocycles. The largest absolute Gasteiger partial charge is 0.377 e. The Hall–Kier alpha value is -0.360. The highest BCUT2D eigenvalue weighted by Gasteiger charge is 2.34. The quantitative estimate of drug-likeness (QED) is 0.883. The van der Waals surface area contributed by atoms with E-state index >= 15 is 0 Å². The number of halogens is 2. The molecule has 0 bridgehead atoms. The first-order chi connectivity index (χ1) is 9.82. The lowest BCUT2D eigenvalue weighted by molar-refractivity contribution is 0.00822. The number of aryl methyl sites for hydroxylation is 1. The lowest BCUT2D eigenvalue weighted by Gasteiger charge is -2.34. The summed E-state index contributed by atoms with van der Waals surface area (Å²) in [7, 11) is 0. The van der Waals surface area contributed by atoms with Gasteiger partial charge in [-0.25, -0.2) is 9.67 Å². The molecule has 1 aromatic heterocycles. The van der Waals surface area contributed by atoms with Gasteiger partial charge in [-0.15, -0.1) is 24.8 Å². The smallest absolute Gasteiger partial charge is 0.147 e. The SMILES string of the molecule is CCCO[C@H]1C[C@@H](c2nc(C)nn2C(C)(C)C)CC[C@@H]1N.Cl.Cl. The Kier molecular flexibility index (Phi) is 9.06. The van der Waals surface area contributed by atoms with Crippen LogP contribution in [0.4, 0.5) is 0 Å². The summed E-state index contributed by atoms with van der Waals surface area (Å²) in [6.07, 6.45) is 4.20. The van der Waals surface area contributed by atoms with Gasteiger partial charge in [-0.3, -0.25) is 0 Å². The first kappa shape index (κ1) is 22.6. The number of aromatic nitrogens is 3. The summed E-state index contributed by atoms with van der Waals surface area (Å²) in [5.41, 5.74) is 6.18. The molecule has 1 aliphatic carbocycles. The lowest BCUT2D eigenvalue weighted by Crippen LogP contribution is -2.42. The molecule has 1 aliphatic rings. The zero-order chi connectivity index (χ0) is 15.6. The van der Waals surface area contributed by atoms with Crippen LogP contribution < -0.4 is 5.73 Å². The number of nitrogens with two attached hydrogens (primary N) is 1. The molecule has 5 nitrogen and oxygen atoms in total. The van der Waals surface area contributed by atoms with Gasteiger partial charge >= 0.3 is 0 Å². The van der Waals surface area contributed by atoms with E-state index in [2.05, 4.69) is 37.5 Å². The molecule has 0 aliphatic heterocycles. The van der Waals surface area contributed by atoms with Crippen LogP contribution in [0.1, 0.15) is 70.9 Å². The van der Waals surface area contributed by atoms with Gasteiger partial charge in [-0.2, -0.15) is 5.10 Å². The third-order valence-corrected chi connectivity index (χ3v) is 4.12. The van der Waals surface area contributed by atoms with Crippen LogP contribution in [-0.4, -0.2) is 33.5 Å². The van der Waals surface area contributed by atoms with Crippen molar-refractivity contribution in [2.75, 3.05) is 6.61 Å². The van der Waals surface area contributed by atoms with Crippen molar-refractivity contribution in [3.8, 4) is 0 Å². The first-order valence-electron chi connectivity index (χ1n) is 8.14. The van der Waals surface area contributed by atoms with Crippen molar-refractivity contribution < 1.29 is 4.74 Å². The first-order valence-corrected chi connectivity index (χ1v) is 8.14. The van der Waals surface area contributed by atoms with Crippen LogP contribution in [0.2, 0.25) is 0 Å². The molecule has 0 unspecified atom stereocenters. The minimum absolute atomic E-state index is 0. The maximum Gasteiger partial charge on any atom is 0.147 e. The summed E-state index contributed by atoms with van der Waals surface area (Å²) in [6.45, 7) is 11.4. The molecule has 1 aromatic rings. The van der Waals surface area contributed by atoms with Crippen molar-refractivity contribution >= 4 is 24.8 Å². The van der Waals surface area contributed by atoms with E-state index in [1.807, 2.05) is 6.92 Å². The molecule has 0 amide bonds. The second-order valence-corrected chi connectivity index (χ2v) is 7.18. The van der Waals surface area contributed by atoms with Gasteiger partial charge in [0.1, 0.15) is 11.6 Å². The molecule has 2 N–H and O–H groups in total. The molecule has 136 valence electrons. The van der Waals surface area contributed by atoms with Crippen LogP contribution in [0.5, 0.6) is 0 Å². The van der Waals surface area contributed by atoms with E-state index in [9.17, 15) is 0 Å². The van der Waals surface area contributed by atoms with E-state index in [1.54, 1.807) is 0 Å². The Balaban J connectivity index is 0.00000242. The molecule has 2 rings (SSSR count). The molecule has 3 atom stereocenters. The summed E-state index contributed by atoms with van der Waals surface area (Å²) in [5.74, 6) is 2.34. The van der Waals surface area contributed by atoms with Gasteiger partial charge in [0.2, 0.25) is 0 Å². The lowest BCUT2D eigenvalue weighted by atomic mass is 9.83. The van der Waals surface area contributed by atoms with Crippen LogP contribution in [0, 0.1) is 6.92 Å². The van der Waals surface area contributed by atoms with Crippen LogP contribution in [-0.2, 0) is 10.3 Å². The van der Waals surface area contributed by atoms with Gasteiger partial charge < -0.3 is 10.5 Å². The monoisotopic (exact) mass is 366 g/mol. The molecule has 0 spiro atoms. The van der Waals surface area contributed by atoms with E-state index in [0.717, 1.165) is 43.9 Å². The predicted octanol–water partition coefficient (Wildman–Crippen LogP) is 3.58. The van der Waals surface area contributed by atoms with Crippen molar-refractivity contribution in [1.29, 1.82) is 0 Å². The summed E-state index contributed by atoms with van der Waals surface area (Å²) < 4.78 is 8.03. The second-order valence-electron chi connectivity index (χ2n) is 7.18. The van der Waals surface area contributed by atoms with E-state index in [-0.39, 0.29) is 42.5 Å². The number of hydrogen-bond donors (Lipinski definition) is 1. The molecular formula is C16H32Cl2N4O. The highest BCUT2D eigenvalue weighted by molar-refractivity contribution is 5.85. The minimum Gasteiger partial charge on any atom is -0.377 e. The summed E-state index contributed by atoms with van der Waals surface area (Å²) in [4.78, 5) is 4.70. The third-order valence-electron chi connectivity index (χ3n) is 4.12. The highest BCUT2D eigenvalue weighted by Crippen LogP contribution is 2.34. The molecule has 0 saturated heterocycles. The van der Waals surface area contributed by atoms with Gasteiger partial charge in [-0.05, 0) is 53.4 Å². The normalized spacial score (nSPS) is 24.7. The maximum absolute atomic E-state index is 6.22. The Bertz CT molecular complexity index is 473. The van der Waals surface area contributed by atoms with E-state index in [4.69, 9.17) is 15.5 Å². The maximum atomic E-state index is 6.22. The zero-order valence-electron chi connectivity index (χ0n) is 14.9. The van der Waals surface area contributed by atoms with E-state index in [0.29, 0.717) is 5.92 Å². The van der Waals surface area contributed by atoms with Gasteiger partial charge in [0.05, 0.1) is 11.6 Å². The van der Waals surface area contributed by atoms with Gasteiger partial charge in [0.25, 0.3) is 0 Å². The van der Waals surface area contributed by atoms with Gasteiger partial charge in [0.15, 0.2) is 0 Å². The van der Waals surface area contributed by atoms with Crippen LogP contribution in [0.3, 0.4) is 0 Å². The molecule has 1 heterocycles. The second kappa shape index (κ2) is 9.21. The van der Waals surface area contributed by atoms with Gasteiger partial charge in [0, 0.05) is 18.6 Å². The zero-order valence-corrected chi connectivity index (χ0v) is 16.5. The predicted molar refractivity (Wildman–Crippen MR) is 98.8 cm³/mol. The van der Waals surface area contributed by atoms with E-state index < -0.39 is 0 Å². The molecule has 23 heavy (non-hydrogen) atoms. The van der Waals surface area contributed by atoms with Crippen LogP contribution in [0.25, 0.3) is 0 Å². The fourth-order valence-corrected chi connectivity index (χ4v) is 3.04. The molecule has 1 fully saturated rings. The van der Waals surface area contributed by atoms with E-state index in [1.165, 1.54) is 0 Å². The molecular weight excluding hydrogens is 335 g/mol. The number of ether oxygens (including phenoxy) is 1. The van der Waals surface area contributed by atoms with Crippen molar-refractivity contribution in [3.63, 3.8) is 0 Å². The Morgan fingerprint density at radius 3 is 2.48 bits per heavy atom. The fraction of sp³-hybridized carbons (Fsp3) is 0.875. The summed E-state index contributed by atoms with van der Waals surface area (Å²) in [6, 6.07) is 0.153. The van der Waals surface area contributed by atoms with Crippen molar-refractivity contribution in [3.05, 3.63) is 11.6 Å². The Labute approximate surface area is 152 Å². The van der Waals surface area contributed by atoms with Crippen molar-refractivity contribution in [2.24, 2.45) is 5.73 Å². The summed E-state index contributed by atoms with van der Waals surface area (Å²) >= 11 is 0.